The van der Waals surface area contributed by atoms with E-state index in [4.69, 9.17) is 0 Å². The predicted octanol–water partition coefficient (Wildman–Crippen LogP) is 2.56. The standard InChI is InChI=1S/C18H19N3O3S/c1-13-17(23)20(18(24)21(13)15-6-4-3-5-7-15)11-16(22)19(2)10-14-8-9-25-12-14/h3-9,12-13H,10-11H2,1-2H3. The van der Waals surface area contributed by atoms with Gasteiger partial charge in [-0.15, -0.1) is 0 Å². The third-order valence-electron chi connectivity index (χ3n) is 4.20. The third-order valence-corrected chi connectivity index (χ3v) is 4.93. The fourth-order valence-corrected chi connectivity index (χ4v) is 3.45. The highest BCUT2D eigenvalue weighted by molar-refractivity contribution is 7.07. The molecule has 1 aromatic heterocycles. The number of amides is 4. The van der Waals surface area contributed by atoms with Gasteiger partial charge in [-0.2, -0.15) is 11.3 Å². The molecular weight excluding hydrogens is 338 g/mol. The molecule has 2 heterocycles. The molecule has 25 heavy (non-hydrogen) atoms. The normalized spacial score (nSPS) is 17.3. The van der Waals surface area contributed by atoms with Crippen LogP contribution in [0.4, 0.5) is 10.5 Å². The van der Waals surface area contributed by atoms with Crippen LogP contribution in [0.15, 0.2) is 47.2 Å². The van der Waals surface area contributed by atoms with E-state index >= 15 is 0 Å². The van der Waals surface area contributed by atoms with E-state index in [2.05, 4.69) is 0 Å². The number of hydrogen-bond donors (Lipinski definition) is 0. The zero-order valence-corrected chi connectivity index (χ0v) is 14.9. The Bertz CT molecular complexity index is 776. The Labute approximate surface area is 150 Å². The van der Waals surface area contributed by atoms with E-state index in [-0.39, 0.29) is 18.4 Å². The largest absolute Gasteiger partial charge is 0.340 e. The average molecular weight is 357 g/mol. The van der Waals surface area contributed by atoms with Gasteiger partial charge in [0.05, 0.1) is 0 Å². The number of para-hydroxylation sites is 1. The summed E-state index contributed by atoms with van der Waals surface area (Å²) in [5.41, 5.74) is 1.68. The number of urea groups is 1. The van der Waals surface area contributed by atoms with E-state index in [9.17, 15) is 14.4 Å². The average Bonchev–Trinajstić information content (AvgIpc) is 3.18. The first-order valence-electron chi connectivity index (χ1n) is 7.93. The summed E-state index contributed by atoms with van der Waals surface area (Å²) < 4.78 is 0. The Morgan fingerprint density at radius 3 is 2.56 bits per heavy atom. The summed E-state index contributed by atoms with van der Waals surface area (Å²) in [7, 11) is 1.67. The van der Waals surface area contributed by atoms with Crippen LogP contribution in [-0.4, -0.2) is 47.3 Å². The number of carbonyl (C=O) groups excluding carboxylic acids is 3. The van der Waals surface area contributed by atoms with Crippen LogP contribution >= 0.6 is 11.3 Å². The maximum absolute atomic E-state index is 12.7. The highest BCUT2D eigenvalue weighted by Crippen LogP contribution is 2.25. The molecule has 7 heteroatoms. The van der Waals surface area contributed by atoms with E-state index in [1.54, 1.807) is 37.4 Å². The van der Waals surface area contributed by atoms with Crippen LogP contribution in [0.1, 0.15) is 12.5 Å². The molecule has 0 aliphatic carbocycles. The number of imide groups is 1. The van der Waals surface area contributed by atoms with E-state index in [0.29, 0.717) is 12.2 Å². The van der Waals surface area contributed by atoms with E-state index in [1.807, 2.05) is 35.0 Å². The lowest BCUT2D eigenvalue weighted by atomic mass is 10.2. The molecule has 6 nitrogen and oxygen atoms in total. The summed E-state index contributed by atoms with van der Waals surface area (Å²) in [5, 5.41) is 3.91. The van der Waals surface area contributed by atoms with Crippen LogP contribution in [-0.2, 0) is 16.1 Å². The lowest BCUT2D eigenvalue weighted by Crippen LogP contribution is -2.42. The van der Waals surface area contributed by atoms with Gasteiger partial charge in [-0.25, -0.2) is 4.79 Å². The number of benzene rings is 1. The van der Waals surface area contributed by atoms with Crippen LogP contribution < -0.4 is 4.90 Å². The van der Waals surface area contributed by atoms with Gasteiger partial charge < -0.3 is 4.90 Å². The quantitative estimate of drug-likeness (QED) is 0.773. The fraction of sp³-hybridized carbons (Fsp3) is 0.278. The Morgan fingerprint density at radius 1 is 1.20 bits per heavy atom. The topological polar surface area (TPSA) is 60.9 Å². The van der Waals surface area contributed by atoms with Crippen LogP contribution in [0.3, 0.4) is 0 Å². The first kappa shape index (κ1) is 17.2. The molecule has 1 aromatic carbocycles. The summed E-state index contributed by atoms with van der Waals surface area (Å²) in [6.45, 7) is 1.88. The molecule has 3 rings (SSSR count). The second-order valence-electron chi connectivity index (χ2n) is 5.97. The Balaban J connectivity index is 1.71. The zero-order chi connectivity index (χ0) is 18.0. The number of anilines is 1. The van der Waals surface area contributed by atoms with Gasteiger partial charge in [-0.3, -0.25) is 19.4 Å². The lowest BCUT2D eigenvalue weighted by molar-refractivity contribution is -0.136. The Kier molecular flexibility index (Phi) is 4.85. The highest BCUT2D eigenvalue weighted by Gasteiger charge is 2.44. The van der Waals surface area contributed by atoms with Crippen molar-refractivity contribution in [1.29, 1.82) is 0 Å². The maximum Gasteiger partial charge on any atom is 0.332 e. The second-order valence-corrected chi connectivity index (χ2v) is 6.75. The summed E-state index contributed by atoms with van der Waals surface area (Å²) in [4.78, 5) is 41.5. The molecule has 2 aromatic rings. The van der Waals surface area contributed by atoms with Crippen molar-refractivity contribution in [2.24, 2.45) is 0 Å². The Morgan fingerprint density at radius 2 is 1.92 bits per heavy atom. The monoisotopic (exact) mass is 357 g/mol. The Hall–Kier alpha value is -2.67. The number of thiophene rings is 1. The molecule has 130 valence electrons. The first-order chi connectivity index (χ1) is 12.0. The number of nitrogens with zero attached hydrogens (tertiary/aromatic N) is 3. The van der Waals surface area contributed by atoms with Gasteiger partial charge in [0.25, 0.3) is 5.91 Å². The van der Waals surface area contributed by atoms with Crippen molar-refractivity contribution >= 4 is 34.9 Å². The molecule has 1 aliphatic rings. The number of likely N-dealkylation sites (N-methyl/N-ethyl adjacent to an activating group) is 1. The lowest BCUT2D eigenvalue weighted by Gasteiger charge is -2.21. The second kappa shape index (κ2) is 7.06. The smallest absolute Gasteiger partial charge is 0.332 e. The predicted molar refractivity (Wildman–Crippen MR) is 96.3 cm³/mol. The van der Waals surface area contributed by atoms with Crippen molar-refractivity contribution < 1.29 is 14.4 Å². The molecule has 1 saturated heterocycles. The molecule has 0 bridgehead atoms. The van der Waals surface area contributed by atoms with Gasteiger partial charge in [0, 0.05) is 19.3 Å². The number of carbonyl (C=O) groups is 3. The van der Waals surface area contributed by atoms with E-state index in [1.165, 1.54) is 9.80 Å². The molecular formula is C18H19N3O3S. The molecule has 1 atom stereocenters. The van der Waals surface area contributed by atoms with Gasteiger partial charge in [0.15, 0.2) is 0 Å². The van der Waals surface area contributed by atoms with Crippen molar-refractivity contribution in [2.45, 2.75) is 19.5 Å². The molecule has 0 radical (unpaired) electrons. The van der Waals surface area contributed by atoms with Crippen molar-refractivity contribution in [1.82, 2.24) is 9.80 Å². The van der Waals surface area contributed by atoms with Crippen molar-refractivity contribution in [3.63, 3.8) is 0 Å². The van der Waals surface area contributed by atoms with Gasteiger partial charge in [0.2, 0.25) is 5.91 Å². The van der Waals surface area contributed by atoms with Crippen molar-refractivity contribution in [2.75, 3.05) is 18.5 Å². The van der Waals surface area contributed by atoms with E-state index in [0.717, 1.165) is 10.5 Å². The SMILES string of the molecule is CC1C(=O)N(CC(=O)N(C)Cc2ccsc2)C(=O)N1c1ccccc1. The van der Waals surface area contributed by atoms with Crippen LogP contribution in [0.25, 0.3) is 0 Å². The van der Waals surface area contributed by atoms with Crippen molar-refractivity contribution in [3.8, 4) is 0 Å². The minimum Gasteiger partial charge on any atom is -0.340 e. The molecule has 1 fully saturated rings. The molecule has 0 saturated carbocycles. The molecule has 0 N–H and O–H groups in total. The van der Waals surface area contributed by atoms with Gasteiger partial charge in [0.1, 0.15) is 12.6 Å². The molecule has 4 amide bonds. The van der Waals surface area contributed by atoms with Crippen LogP contribution in [0, 0.1) is 0 Å². The minimum absolute atomic E-state index is 0.244. The summed E-state index contributed by atoms with van der Waals surface area (Å²) in [5.74, 6) is -0.624. The van der Waals surface area contributed by atoms with Crippen LogP contribution in [0.2, 0.25) is 0 Å². The highest BCUT2D eigenvalue weighted by atomic mass is 32.1. The van der Waals surface area contributed by atoms with Gasteiger partial charge in [-0.05, 0) is 41.4 Å². The fourth-order valence-electron chi connectivity index (χ4n) is 2.79. The third kappa shape index (κ3) is 3.41. The minimum atomic E-state index is -0.620. The number of rotatable bonds is 5. The first-order valence-corrected chi connectivity index (χ1v) is 8.88. The maximum atomic E-state index is 12.7. The summed E-state index contributed by atoms with van der Waals surface area (Å²) in [6.07, 6.45) is 0. The summed E-state index contributed by atoms with van der Waals surface area (Å²) >= 11 is 1.56. The molecule has 1 unspecified atom stereocenters. The van der Waals surface area contributed by atoms with Crippen LogP contribution in [0.5, 0.6) is 0 Å². The molecule has 1 aliphatic heterocycles. The van der Waals surface area contributed by atoms with Gasteiger partial charge >= 0.3 is 6.03 Å². The van der Waals surface area contributed by atoms with E-state index < -0.39 is 12.1 Å². The zero-order valence-electron chi connectivity index (χ0n) is 14.1. The molecule has 0 spiro atoms. The summed E-state index contributed by atoms with van der Waals surface area (Å²) in [6, 6.07) is 9.87. The van der Waals surface area contributed by atoms with Gasteiger partial charge in [-0.1, -0.05) is 18.2 Å². The number of hydrogen-bond acceptors (Lipinski definition) is 4. The van der Waals surface area contributed by atoms with Crippen molar-refractivity contribution in [3.05, 3.63) is 52.7 Å².